The summed E-state index contributed by atoms with van der Waals surface area (Å²) < 4.78 is 41.3. The Morgan fingerprint density at radius 1 is 1.03 bits per heavy atom. The first kappa shape index (κ1) is 23.0. The summed E-state index contributed by atoms with van der Waals surface area (Å²) in [6, 6.07) is 3.37. The number of fused-ring (bicyclic) bond motifs is 1. The number of carbonyl (C=O) groups is 1. The van der Waals surface area contributed by atoms with Crippen molar-refractivity contribution in [3.05, 3.63) is 40.4 Å². The van der Waals surface area contributed by atoms with Crippen LogP contribution in [0.4, 0.5) is 18.9 Å². The lowest BCUT2D eigenvalue weighted by Gasteiger charge is -2.34. The topological polar surface area (TPSA) is 66.3 Å². The third-order valence-corrected chi connectivity index (χ3v) is 6.27. The molecule has 0 radical (unpaired) electrons. The van der Waals surface area contributed by atoms with Crippen molar-refractivity contribution >= 4 is 23.2 Å². The van der Waals surface area contributed by atoms with E-state index in [0.717, 1.165) is 69.2 Å². The lowest BCUT2D eigenvalue weighted by Crippen LogP contribution is -2.48. The van der Waals surface area contributed by atoms with Crippen molar-refractivity contribution in [1.82, 2.24) is 24.6 Å². The van der Waals surface area contributed by atoms with Crippen LogP contribution in [0.2, 0.25) is 5.02 Å². The highest BCUT2D eigenvalue weighted by molar-refractivity contribution is 6.31. The average Bonchev–Trinajstić information content (AvgIpc) is 2.96. The van der Waals surface area contributed by atoms with Crippen molar-refractivity contribution in [3.8, 4) is 0 Å². The molecule has 0 bridgehead atoms. The molecule has 32 heavy (non-hydrogen) atoms. The number of aryl methyl sites for hydroxylation is 1. The first-order valence-corrected chi connectivity index (χ1v) is 11.2. The Balaban J connectivity index is 1.26. The van der Waals surface area contributed by atoms with E-state index in [4.69, 9.17) is 11.6 Å². The van der Waals surface area contributed by atoms with E-state index in [1.54, 1.807) is 0 Å². The van der Waals surface area contributed by atoms with Gasteiger partial charge >= 0.3 is 6.18 Å². The van der Waals surface area contributed by atoms with Crippen LogP contribution in [0.25, 0.3) is 0 Å². The third-order valence-electron chi connectivity index (χ3n) is 5.94. The van der Waals surface area contributed by atoms with Gasteiger partial charge in [0.05, 0.1) is 23.7 Å². The highest BCUT2D eigenvalue weighted by Crippen LogP contribution is 2.36. The number of hydrogen-bond acceptors (Lipinski definition) is 5. The SMILES string of the molecule is O=C(CN1CCN(Cc2nnc3n2CCCCC3)CC1)Nc1ccc(Cl)c(C(F)(F)F)c1. The fraction of sp³-hybridized carbons (Fsp3) is 0.571. The van der Waals surface area contributed by atoms with Gasteiger partial charge in [0, 0.05) is 44.8 Å². The largest absolute Gasteiger partial charge is 0.417 e. The minimum Gasteiger partial charge on any atom is -0.325 e. The lowest BCUT2D eigenvalue weighted by atomic mass is 10.2. The van der Waals surface area contributed by atoms with E-state index in [2.05, 4.69) is 25.0 Å². The van der Waals surface area contributed by atoms with Gasteiger partial charge in [0.1, 0.15) is 11.6 Å². The second kappa shape index (κ2) is 9.76. The molecule has 0 unspecified atom stereocenters. The maximum atomic E-state index is 13.0. The van der Waals surface area contributed by atoms with Gasteiger partial charge in [-0.2, -0.15) is 13.2 Å². The predicted molar refractivity (Wildman–Crippen MR) is 114 cm³/mol. The Hall–Kier alpha value is -2.17. The molecule has 2 aliphatic rings. The van der Waals surface area contributed by atoms with Crippen LogP contribution in [-0.4, -0.2) is 63.2 Å². The number of aromatic nitrogens is 3. The zero-order valence-electron chi connectivity index (χ0n) is 17.7. The maximum Gasteiger partial charge on any atom is 0.417 e. The van der Waals surface area contributed by atoms with Crippen LogP contribution in [0.15, 0.2) is 18.2 Å². The minimum absolute atomic E-state index is 0.0814. The van der Waals surface area contributed by atoms with Crippen LogP contribution in [0.1, 0.15) is 36.5 Å². The van der Waals surface area contributed by atoms with Crippen LogP contribution in [0.5, 0.6) is 0 Å². The number of alkyl halides is 3. The van der Waals surface area contributed by atoms with E-state index in [9.17, 15) is 18.0 Å². The van der Waals surface area contributed by atoms with Gasteiger partial charge in [-0.3, -0.25) is 14.6 Å². The molecule has 174 valence electrons. The number of nitrogens with zero attached hydrogens (tertiary/aromatic N) is 5. The van der Waals surface area contributed by atoms with E-state index >= 15 is 0 Å². The molecule has 4 rings (SSSR count). The Kier molecular flexibility index (Phi) is 7.02. The van der Waals surface area contributed by atoms with Crippen molar-refractivity contribution in [1.29, 1.82) is 0 Å². The number of piperazine rings is 1. The Bertz CT molecular complexity index is 955. The van der Waals surface area contributed by atoms with Gasteiger partial charge in [0.25, 0.3) is 0 Å². The quantitative estimate of drug-likeness (QED) is 0.725. The molecule has 3 heterocycles. The Labute approximate surface area is 189 Å². The van der Waals surface area contributed by atoms with Crippen LogP contribution < -0.4 is 5.32 Å². The third kappa shape index (κ3) is 5.60. The molecule has 1 saturated heterocycles. The Morgan fingerprint density at radius 2 is 1.78 bits per heavy atom. The van der Waals surface area contributed by atoms with Crippen molar-refractivity contribution in [2.75, 3.05) is 38.0 Å². The molecule has 11 heteroatoms. The standard InChI is InChI=1S/C21H26ClF3N6O/c22-17-6-5-15(12-16(17)21(23,24)25)26-20(32)14-30-10-8-29(9-11-30)13-19-28-27-18-4-2-1-3-7-31(18)19/h5-6,12H,1-4,7-11,13-14H2,(H,26,32). The second-order valence-corrected chi connectivity index (χ2v) is 8.69. The molecule has 0 spiro atoms. The van der Waals surface area contributed by atoms with Gasteiger partial charge < -0.3 is 9.88 Å². The zero-order chi connectivity index (χ0) is 22.7. The molecular formula is C21H26ClF3N6O. The molecule has 2 aromatic rings. The fourth-order valence-electron chi connectivity index (χ4n) is 4.19. The number of halogens is 4. The summed E-state index contributed by atoms with van der Waals surface area (Å²) in [6.07, 6.45) is -0.0621. The summed E-state index contributed by atoms with van der Waals surface area (Å²) >= 11 is 5.63. The molecule has 7 nitrogen and oxygen atoms in total. The van der Waals surface area contributed by atoms with Crippen LogP contribution in [-0.2, 0) is 30.5 Å². The number of benzene rings is 1. The highest BCUT2D eigenvalue weighted by Gasteiger charge is 2.33. The van der Waals surface area contributed by atoms with E-state index in [-0.39, 0.29) is 18.1 Å². The van der Waals surface area contributed by atoms with Crippen molar-refractivity contribution in [2.24, 2.45) is 0 Å². The summed E-state index contributed by atoms with van der Waals surface area (Å²) in [6.45, 7) is 4.80. The number of nitrogens with one attached hydrogen (secondary N) is 1. The van der Waals surface area contributed by atoms with Gasteiger partial charge in [-0.1, -0.05) is 18.0 Å². The van der Waals surface area contributed by atoms with Crippen molar-refractivity contribution in [3.63, 3.8) is 0 Å². The molecule has 0 atom stereocenters. The van der Waals surface area contributed by atoms with Crippen molar-refractivity contribution in [2.45, 2.75) is 44.9 Å². The van der Waals surface area contributed by atoms with Gasteiger partial charge in [0.2, 0.25) is 5.91 Å². The van der Waals surface area contributed by atoms with Crippen LogP contribution in [0.3, 0.4) is 0 Å². The van der Waals surface area contributed by atoms with Gasteiger partial charge in [-0.15, -0.1) is 10.2 Å². The van der Waals surface area contributed by atoms with Gasteiger partial charge in [-0.25, -0.2) is 0 Å². The van der Waals surface area contributed by atoms with Crippen LogP contribution in [0, 0.1) is 0 Å². The molecule has 0 saturated carbocycles. The molecule has 1 amide bonds. The monoisotopic (exact) mass is 470 g/mol. The summed E-state index contributed by atoms with van der Waals surface area (Å²) in [4.78, 5) is 16.6. The molecule has 1 N–H and O–H groups in total. The summed E-state index contributed by atoms with van der Waals surface area (Å²) in [7, 11) is 0. The second-order valence-electron chi connectivity index (χ2n) is 8.29. The van der Waals surface area contributed by atoms with E-state index < -0.39 is 16.8 Å². The molecule has 2 aliphatic heterocycles. The summed E-state index contributed by atoms with van der Waals surface area (Å²) in [5.41, 5.74) is -0.880. The molecule has 1 aromatic carbocycles. The first-order chi connectivity index (χ1) is 15.3. The maximum absolute atomic E-state index is 13.0. The lowest BCUT2D eigenvalue weighted by molar-refractivity contribution is -0.137. The highest BCUT2D eigenvalue weighted by atomic mass is 35.5. The molecule has 1 aromatic heterocycles. The first-order valence-electron chi connectivity index (χ1n) is 10.8. The Morgan fingerprint density at radius 3 is 2.53 bits per heavy atom. The normalized spacial score (nSPS) is 18.2. The summed E-state index contributed by atoms with van der Waals surface area (Å²) in [5, 5.41) is 10.9. The number of rotatable bonds is 5. The minimum atomic E-state index is -4.57. The number of anilines is 1. The number of carbonyl (C=O) groups excluding carboxylic acids is 1. The zero-order valence-corrected chi connectivity index (χ0v) is 18.4. The van der Waals surface area contributed by atoms with Crippen LogP contribution >= 0.6 is 11.6 Å². The smallest absolute Gasteiger partial charge is 0.325 e. The number of amides is 1. The van der Waals surface area contributed by atoms with E-state index in [1.807, 2.05) is 4.90 Å². The van der Waals surface area contributed by atoms with E-state index in [0.29, 0.717) is 13.1 Å². The van der Waals surface area contributed by atoms with Crippen molar-refractivity contribution < 1.29 is 18.0 Å². The predicted octanol–water partition coefficient (Wildman–Crippen LogP) is 3.43. The van der Waals surface area contributed by atoms with Gasteiger partial charge in [-0.05, 0) is 31.0 Å². The number of hydrogen-bond donors (Lipinski definition) is 1. The van der Waals surface area contributed by atoms with E-state index in [1.165, 1.54) is 12.5 Å². The van der Waals surface area contributed by atoms with Gasteiger partial charge in [0.15, 0.2) is 0 Å². The molecule has 1 fully saturated rings. The molecule has 0 aliphatic carbocycles. The fourth-order valence-corrected chi connectivity index (χ4v) is 4.42. The average molecular weight is 471 g/mol. The molecular weight excluding hydrogens is 445 g/mol. The summed E-state index contributed by atoms with van der Waals surface area (Å²) in [5.74, 6) is 1.72.